The predicted molar refractivity (Wildman–Crippen MR) is 118 cm³/mol. The number of imidazole rings is 1. The lowest BCUT2D eigenvalue weighted by atomic mass is 10.1. The highest BCUT2D eigenvalue weighted by Gasteiger charge is 2.21. The maximum Gasteiger partial charge on any atom is 0.237 e. The topological polar surface area (TPSA) is 69.8 Å². The molecule has 3 aromatic rings. The predicted octanol–water partition coefficient (Wildman–Crippen LogP) is 4.06. The maximum atomic E-state index is 12.1. The summed E-state index contributed by atoms with van der Waals surface area (Å²) in [5, 5.41) is 6.23. The second kappa shape index (κ2) is 9.41. The lowest BCUT2D eigenvalue weighted by Gasteiger charge is -2.11. The second-order valence-corrected chi connectivity index (χ2v) is 7.10. The molecule has 1 amide bonds. The maximum absolute atomic E-state index is 12.1. The van der Waals surface area contributed by atoms with Gasteiger partial charge >= 0.3 is 0 Å². The van der Waals surface area contributed by atoms with E-state index in [0.717, 1.165) is 47.4 Å². The summed E-state index contributed by atoms with van der Waals surface area (Å²) in [7, 11) is 0. The van der Waals surface area contributed by atoms with Gasteiger partial charge in [0.2, 0.25) is 5.91 Å². The first-order valence-corrected chi connectivity index (χ1v) is 9.17. The van der Waals surface area contributed by atoms with Gasteiger partial charge in [-0.3, -0.25) is 4.79 Å². The normalized spacial score (nSPS) is 15.7. The van der Waals surface area contributed by atoms with Crippen LogP contribution in [-0.4, -0.2) is 28.5 Å². The van der Waals surface area contributed by atoms with Crippen molar-refractivity contribution in [2.45, 2.75) is 39.3 Å². The van der Waals surface area contributed by atoms with Gasteiger partial charge in [0.25, 0.3) is 0 Å². The molecule has 0 aliphatic carbocycles. The molecule has 1 unspecified atom stereocenters. The Hall–Kier alpha value is -2.08. The van der Waals surface area contributed by atoms with Gasteiger partial charge in [0.15, 0.2) is 0 Å². The van der Waals surface area contributed by atoms with Crippen LogP contribution in [0.2, 0.25) is 0 Å². The zero-order valence-corrected chi connectivity index (χ0v) is 17.7. The van der Waals surface area contributed by atoms with Crippen molar-refractivity contribution in [1.29, 1.82) is 0 Å². The summed E-state index contributed by atoms with van der Waals surface area (Å²) in [5.74, 6) is 0.963. The Morgan fingerprint density at radius 2 is 1.86 bits per heavy atom. The molecule has 4 rings (SSSR count). The van der Waals surface area contributed by atoms with Crippen molar-refractivity contribution < 1.29 is 4.79 Å². The number of hydrogen-bond acceptors (Lipinski definition) is 3. The van der Waals surface area contributed by atoms with Crippen molar-refractivity contribution in [3.05, 3.63) is 53.1 Å². The minimum Gasteiger partial charge on any atom is -0.351 e. The van der Waals surface area contributed by atoms with E-state index in [2.05, 4.69) is 41.6 Å². The van der Waals surface area contributed by atoms with E-state index in [0.29, 0.717) is 6.54 Å². The number of amides is 1. The zero-order valence-electron chi connectivity index (χ0n) is 16.0. The molecular weight excluding hydrogens is 395 g/mol. The highest BCUT2D eigenvalue weighted by atomic mass is 35.5. The minimum absolute atomic E-state index is 0. The lowest BCUT2D eigenvalue weighted by molar-refractivity contribution is -0.122. The Balaban J connectivity index is 0.00000140. The van der Waals surface area contributed by atoms with Crippen LogP contribution < -0.4 is 10.6 Å². The molecule has 3 N–H and O–H groups in total. The number of halogens is 2. The van der Waals surface area contributed by atoms with E-state index in [1.165, 1.54) is 11.1 Å². The summed E-state index contributed by atoms with van der Waals surface area (Å²) < 4.78 is 0. The first kappa shape index (κ1) is 22.2. The average molecular weight is 421 g/mol. The Bertz CT molecular complexity index is 908. The molecule has 0 saturated carbocycles. The van der Waals surface area contributed by atoms with Crippen molar-refractivity contribution in [2.75, 3.05) is 6.54 Å². The molecule has 7 heteroatoms. The number of carbonyl (C=O) groups is 1. The summed E-state index contributed by atoms with van der Waals surface area (Å²) in [4.78, 5) is 20.2. The summed E-state index contributed by atoms with van der Waals surface area (Å²) in [6, 6.07) is 12.4. The number of benzene rings is 2. The van der Waals surface area contributed by atoms with Crippen molar-refractivity contribution in [3.63, 3.8) is 0 Å². The molecule has 0 radical (unpaired) electrons. The number of aromatic nitrogens is 2. The highest BCUT2D eigenvalue weighted by Crippen LogP contribution is 2.23. The van der Waals surface area contributed by atoms with Crippen molar-refractivity contribution in [2.24, 2.45) is 0 Å². The summed E-state index contributed by atoms with van der Waals surface area (Å²) in [6.07, 6.45) is 2.00. The molecule has 1 fully saturated rings. The number of H-pyrrole nitrogens is 1. The first-order chi connectivity index (χ1) is 12.6. The van der Waals surface area contributed by atoms with E-state index in [1.807, 2.05) is 24.3 Å². The van der Waals surface area contributed by atoms with Gasteiger partial charge in [-0.05, 0) is 62.1 Å². The molecule has 1 aliphatic heterocycles. The average Bonchev–Trinajstić information content (AvgIpc) is 3.30. The number of carbonyl (C=O) groups excluding carboxylic acids is 1. The molecule has 150 valence electrons. The molecule has 1 saturated heterocycles. The molecule has 0 spiro atoms. The summed E-state index contributed by atoms with van der Waals surface area (Å²) in [5.41, 5.74) is 6.69. The highest BCUT2D eigenvalue weighted by molar-refractivity contribution is 5.85. The third-order valence-electron chi connectivity index (χ3n) is 5.17. The van der Waals surface area contributed by atoms with Crippen LogP contribution in [0.25, 0.3) is 22.4 Å². The molecule has 28 heavy (non-hydrogen) atoms. The SMILES string of the molecule is Cc1cc2nc(-c3ccc(CNC(=O)C4CCCN4)cc3)[nH]c2cc1C.Cl.Cl. The Morgan fingerprint density at radius 3 is 2.54 bits per heavy atom. The van der Waals surface area contributed by atoms with E-state index in [9.17, 15) is 4.79 Å². The van der Waals surface area contributed by atoms with Crippen LogP contribution in [0.4, 0.5) is 0 Å². The van der Waals surface area contributed by atoms with Gasteiger partial charge in [0.05, 0.1) is 17.1 Å². The molecule has 2 aromatic carbocycles. The second-order valence-electron chi connectivity index (χ2n) is 7.10. The molecule has 1 aliphatic rings. The Labute approximate surface area is 177 Å². The van der Waals surface area contributed by atoms with Gasteiger partial charge in [0.1, 0.15) is 5.82 Å². The largest absolute Gasteiger partial charge is 0.351 e. The molecule has 1 aromatic heterocycles. The van der Waals surface area contributed by atoms with E-state index >= 15 is 0 Å². The van der Waals surface area contributed by atoms with Gasteiger partial charge < -0.3 is 15.6 Å². The van der Waals surface area contributed by atoms with Crippen molar-refractivity contribution in [3.8, 4) is 11.4 Å². The number of fused-ring (bicyclic) bond motifs is 1. The number of aryl methyl sites for hydroxylation is 2. The van der Waals surface area contributed by atoms with Crippen LogP contribution in [0.1, 0.15) is 29.5 Å². The minimum atomic E-state index is -0.0308. The number of aromatic amines is 1. The van der Waals surface area contributed by atoms with Crippen LogP contribution >= 0.6 is 24.8 Å². The monoisotopic (exact) mass is 420 g/mol. The smallest absolute Gasteiger partial charge is 0.237 e. The van der Waals surface area contributed by atoms with Crippen molar-refractivity contribution >= 4 is 41.8 Å². The zero-order chi connectivity index (χ0) is 18.1. The summed E-state index contributed by atoms with van der Waals surface area (Å²) >= 11 is 0. The molecule has 5 nitrogen and oxygen atoms in total. The van der Waals surface area contributed by atoms with Gasteiger partial charge in [-0.2, -0.15) is 0 Å². The third-order valence-corrected chi connectivity index (χ3v) is 5.17. The third kappa shape index (κ3) is 4.66. The van der Waals surface area contributed by atoms with Crippen molar-refractivity contribution in [1.82, 2.24) is 20.6 Å². The fraction of sp³-hybridized carbons (Fsp3) is 0.333. The number of hydrogen-bond donors (Lipinski definition) is 3. The number of nitrogens with zero attached hydrogens (tertiary/aromatic N) is 1. The van der Waals surface area contributed by atoms with Gasteiger partial charge in [-0.15, -0.1) is 24.8 Å². The van der Waals surface area contributed by atoms with Crippen LogP contribution in [-0.2, 0) is 11.3 Å². The van der Waals surface area contributed by atoms with E-state index in [-0.39, 0.29) is 36.8 Å². The van der Waals surface area contributed by atoms with Gasteiger partial charge in [0, 0.05) is 12.1 Å². The lowest BCUT2D eigenvalue weighted by Crippen LogP contribution is -2.39. The number of nitrogens with one attached hydrogen (secondary N) is 3. The standard InChI is InChI=1S/C21H24N4O.2ClH/c1-13-10-18-19(11-14(13)2)25-20(24-18)16-7-5-15(6-8-16)12-23-21(26)17-4-3-9-22-17;;/h5-8,10-11,17,22H,3-4,9,12H2,1-2H3,(H,23,26)(H,24,25);2*1H. The van der Waals surface area contributed by atoms with E-state index < -0.39 is 0 Å². The van der Waals surface area contributed by atoms with Gasteiger partial charge in [-0.1, -0.05) is 24.3 Å². The van der Waals surface area contributed by atoms with Crippen LogP contribution in [0.15, 0.2) is 36.4 Å². The Morgan fingerprint density at radius 1 is 1.14 bits per heavy atom. The quantitative estimate of drug-likeness (QED) is 0.595. The molecule has 2 heterocycles. The number of rotatable bonds is 4. The Kier molecular flexibility index (Phi) is 7.47. The fourth-order valence-corrected chi connectivity index (χ4v) is 3.41. The first-order valence-electron chi connectivity index (χ1n) is 9.17. The van der Waals surface area contributed by atoms with Crippen LogP contribution in [0.3, 0.4) is 0 Å². The molecule has 1 atom stereocenters. The van der Waals surface area contributed by atoms with Crippen LogP contribution in [0, 0.1) is 13.8 Å². The molecule has 0 bridgehead atoms. The van der Waals surface area contributed by atoms with Gasteiger partial charge in [-0.25, -0.2) is 4.98 Å². The van der Waals surface area contributed by atoms with Crippen LogP contribution in [0.5, 0.6) is 0 Å². The summed E-state index contributed by atoms with van der Waals surface area (Å²) in [6.45, 7) is 5.70. The van der Waals surface area contributed by atoms with E-state index in [1.54, 1.807) is 0 Å². The fourth-order valence-electron chi connectivity index (χ4n) is 3.41. The molecular formula is C21H26Cl2N4O. The van der Waals surface area contributed by atoms with E-state index in [4.69, 9.17) is 4.98 Å².